The molecule has 1 aliphatic carbocycles. The third kappa shape index (κ3) is 4.35. The van der Waals surface area contributed by atoms with E-state index in [-0.39, 0.29) is 18.1 Å². The van der Waals surface area contributed by atoms with Gasteiger partial charge in [0.2, 0.25) is 5.91 Å². The SMILES string of the molecule is C[C@@H](C(=O)NC1(C#N)CCCCC1)N1CCO[C@@H](Cn2cncn2)C1. The van der Waals surface area contributed by atoms with Crippen LogP contribution < -0.4 is 5.32 Å². The van der Waals surface area contributed by atoms with Crippen molar-refractivity contribution < 1.29 is 9.53 Å². The van der Waals surface area contributed by atoms with E-state index in [1.54, 1.807) is 11.0 Å². The van der Waals surface area contributed by atoms with Crippen LogP contribution in [0.15, 0.2) is 12.7 Å². The van der Waals surface area contributed by atoms with Gasteiger partial charge in [-0.05, 0) is 19.8 Å². The first-order valence-corrected chi connectivity index (χ1v) is 9.03. The third-order valence-electron chi connectivity index (χ3n) is 5.24. The summed E-state index contributed by atoms with van der Waals surface area (Å²) in [5, 5.41) is 16.7. The number of nitriles is 1. The van der Waals surface area contributed by atoms with Gasteiger partial charge in [-0.2, -0.15) is 10.4 Å². The van der Waals surface area contributed by atoms with Crippen molar-refractivity contribution in [1.82, 2.24) is 25.0 Å². The maximum absolute atomic E-state index is 12.7. The minimum Gasteiger partial charge on any atom is -0.374 e. The number of carbonyl (C=O) groups is 1. The monoisotopic (exact) mass is 346 g/mol. The van der Waals surface area contributed by atoms with Crippen LogP contribution in [0.4, 0.5) is 0 Å². The standard InChI is InChI=1S/C17H26N6O2/c1-14(16(24)21-17(11-18)5-3-2-4-6-17)22-7-8-25-15(9-22)10-23-13-19-12-20-23/h12-15H,2-10H2,1H3,(H,21,24)/t14-,15+/m0/s1. The van der Waals surface area contributed by atoms with Gasteiger partial charge in [-0.1, -0.05) is 19.3 Å². The number of morpholine rings is 1. The summed E-state index contributed by atoms with van der Waals surface area (Å²) in [7, 11) is 0. The van der Waals surface area contributed by atoms with Crippen molar-refractivity contribution >= 4 is 5.91 Å². The highest BCUT2D eigenvalue weighted by atomic mass is 16.5. The Balaban J connectivity index is 1.56. The van der Waals surface area contributed by atoms with E-state index in [0.29, 0.717) is 26.2 Å². The van der Waals surface area contributed by atoms with E-state index >= 15 is 0 Å². The Morgan fingerprint density at radius 1 is 1.48 bits per heavy atom. The van der Waals surface area contributed by atoms with Crippen molar-refractivity contribution in [2.45, 2.75) is 63.3 Å². The van der Waals surface area contributed by atoms with Crippen LogP contribution in [-0.4, -0.2) is 63.0 Å². The molecule has 1 amide bonds. The maximum atomic E-state index is 12.7. The Labute approximate surface area is 148 Å². The summed E-state index contributed by atoms with van der Waals surface area (Å²) < 4.78 is 7.53. The molecular weight excluding hydrogens is 320 g/mol. The average Bonchev–Trinajstić information content (AvgIpc) is 3.15. The minimum atomic E-state index is -0.685. The van der Waals surface area contributed by atoms with Crippen molar-refractivity contribution in [3.8, 4) is 6.07 Å². The number of nitrogens with zero attached hydrogens (tertiary/aromatic N) is 5. The van der Waals surface area contributed by atoms with Crippen LogP contribution in [0.2, 0.25) is 0 Å². The molecule has 1 N–H and O–H groups in total. The fraction of sp³-hybridized carbons (Fsp3) is 0.765. The topological polar surface area (TPSA) is 96.1 Å². The minimum absolute atomic E-state index is 0.0229. The molecule has 1 aromatic heterocycles. The molecule has 0 bridgehead atoms. The van der Waals surface area contributed by atoms with Gasteiger partial charge in [-0.15, -0.1) is 0 Å². The molecule has 1 aromatic rings. The highest BCUT2D eigenvalue weighted by Gasteiger charge is 2.36. The van der Waals surface area contributed by atoms with Crippen molar-refractivity contribution in [2.24, 2.45) is 0 Å². The summed E-state index contributed by atoms with van der Waals surface area (Å²) in [6.45, 7) is 4.48. The molecule has 2 fully saturated rings. The summed E-state index contributed by atoms with van der Waals surface area (Å²) in [5.74, 6) is -0.0649. The number of hydrogen-bond acceptors (Lipinski definition) is 6. The lowest BCUT2D eigenvalue weighted by atomic mass is 9.82. The van der Waals surface area contributed by atoms with E-state index in [2.05, 4.69) is 26.4 Å². The van der Waals surface area contributed by atoms with Crippen molar-refractivity contribution in [3.05, 3.63) is 12.7 Å². The van der Waals surface area contributed by atoms with Gasteiger partial charge in [0, 0.05) is 13.1 Å². The van der Waals surface area contributed by atoms with E-state index in [1.807, 2.05) is 6.92 Å². The Kier molecular flexibility index (Phi) is 5.66. The molecule has 0 unspecified atom stereocenters. The molecule has 1 saturated carbocycles. The fourth-order valence-corrected chi connectivity index (χ4v) is 3.67. The lowest BCUT2D eigenvalue weighted by Gasteiger charge is -2.38. The number of hydrogen-bond donors (Lipinski definition) is 1. The molecule has 136 valence electrons. The van der Waals surface area contributed by atoms with Crippen molar-refractivity contribution in [1.29, 1.82) is 5.26 Å². The fourth-order valence-electron chi connectivity index (χ4n) is 3.67. The van der Waals surface area contributed by atoms with E-state index in [1.165, 1.54) is 6.33 Å². The molecule has 2 heterocycles. The summed E-state index contributed by atoms with van der Waals surface area (Å²) in [6.07, 6.45) is 7.78. The molecule has 8 heteroatoms. The zero-order valence-electron chi connectivity index (χ0n) is 14.7. The Morgan fingerprint density at radius 3 is 2.96 bits per heavy atom. The number of carbonyl (C=O) groups excluding carboxylic acids is 1. The number of ether oxygens (including phenoxy) is 1. The van der Waals surface area contributed by atoms with Crippen LogP contribution in [0.1, 0.15) is 39.0 Å². The Morgan fingerprint density at radius 2 is 2.28 bits per heavy atom. The molecule has 1 aliphatic heterocycles. The summed E-state index contributed by atoms with van der Waals surface area (Å²) >= 11 is 0. The summed E-state index contributed by atoms with van der Waals surface area (Å²) in [5.41, 5.74) is -0.685. The van der Waals surface area contributed by atoms with Gasteiger partial charge in [-0.25, -0.2) is 4.98 Å². The van der Waals surface area contributed by atoms with Crippen LogP contribution in [0.25, 0.3) is 0 Å². The predicted octanol–water partition coefficient (Wildman–Crippen LogP) is 0.710. The molecule has 0 aromatic carbocycles. The lowest BCUT2D eigenvalue weighted by molar-refractivity contribution is -0.131. The third-order valence-corrected chi connectivity index (χ3v) is 5.24. The predicted molar refractivity (Wildman–Crippen MR) is 90.4 cm³/mol. The molecule has 25 heavy (non-hydrogen) atoms. The van der Waals surface area contributed by atoms with E-state index in [0.717, 1.165) is 32.1 Å². The van der Waals surface area contributed by atoms with E-state index in [9.17, 15) is 10.1 Å². The molecular formula is C17H26N6O2. The van der Waals surface area contributed by atoms with Gasteiger partial charge in [0.1, 0.15) is 18.2 Å². The molecule has 2 aliphatic rings. The van der Waals surface area contributed by atoms with Gasteiger partial charge < -0.3 is 10.1 Å². The molecule has 3 rings (SSSR count). The van der Waals surface area contributed by atoms with E-state index < -0.39 is 5.54 Å². The maximum Gasteiger partial charge on any atom is 0.238 e. The van der Waals surface area contributed by atoms with Gasteiger partial charge in [-0.3, -0.25) is 14.4 Å². The molecule has 1 saturated heterocycles. The second-order valence-corrected chi connectivity index (χ2v) is 7.03. The number of amides is 1. The second kappa shape index (κ2) is 7.93. The first-order valence-electron chi connectivity index (χ1n) is 9.03. The summed E-state index contributed by atoms with van der Waals surface area (Å²) in [6, 6.07) is 2.07. The normalized spacial score (nSPS) is 25.0. The largest absolute Gasteiger partial charge is 0.374 e. The number of aromatic nitrogens is 3. The average molecular weight is 346 g/mol. The molecule has 8 nitrogen and oxygen atoms in total. The van der Waals surface area contributed by atoms with E-state index in [4.69, 9.17) is 4.74 Å². The van der Waals surface area contributed by atoms with Gasteiger partial charge in [0.25, 0.3) is 0 Å². The van der Waals surface area contributed by atoms with Crippen LogP contribution >= 0.6 is 0 Å². The molecule has 0 spiro atoms. The van der Waals surface area contributed by atoms with Crippen LogP contribution in [0, 0.1) is 11.3 Å². The van der Waals surface area contributed by atoms with Crippen molar-refractivity contribution in [2.75, 3.05) is 19.7 Å². The van der Waals surface area contributed by atoms with Crippen LogP contribution in [0.3, 0.4) is 0 Å². The first kappa shape index (κ1) is 17.8. The zero-order chi connectivity index (χ0) is 17.7. The highest BCUT2D eigenvalue weighted by molar-refractivity contribution is 5.82. The molecule has 0 radical (unpaired) electrons. The highest BCUT2D eigenvalue weighted by Crippen LogP contribution is 2.27. The van der Waals surface area contributed by atoms with Crippen LogP contribution in [-0.2, 0) is 16.1 Å². The first-order chi connectivity index (χ1) is 12.1. The Hall–Kier alpha value is -1.98. The molecule has 2 atom stereocenters. The lowest BCUT2D eigenvalue weighted by Crippen LogP contribution is -2.57. The van der Waals surface area contributed by atoms with Gasteiger partial charge in [0.15, 0.2) is 0 Å². The smallest absolute Gasteiger partial charge is 0.238 e. The van der Waals surface area contributed by atoms with Crippen molar-refractivity contribution in [3.63, 3.8) is 0 Å². The van der Waals surface area contributed by atoms with Gasteiger partial charge >= 0.3 is 0 Å². The second-order valence-electron chi connectivity index (χ2n) is 7.03. The Bertz CT molecular complexity index is 605. The summed E-state index contributed by atoms with van der Waals surface area (Å²) in [4.78, 5) is 18.8. The number of rotatable bonds is 5. The van der Waals surface area contributed by atoms with Crippen LogP contribution in [0.5, 0.6) is 0 Å². The quantitative estimate of drug-likeness (QED) is 0.843. The zero-order valence-corrected chi connectivity index (χ0v) is 14.7. The van der Waals surface area contributed by atoms with Gasteiger partial charge in [0.05, 0.1) is 31.4 Å². The number of nitrogens with one attached hydrogen (secondary N) is 1.